The molecule has 0 bridgehead atoms. The molecule has 1 amide bonds. The fourth-order valence-electron chi connectivity index (χ4n) is 4.50. The molecule has 0 radical (unpaired) electrons. The first-order valence-electron chi connectivity index (χ1n) is 12.7. The van der Waals surface area contributed by atoms with Gasteiger partial charge in [0.05, 0.1) is 29.0 Å². The van der Waals surface area contributed by atoms with Crippen LogP contribution in [-0.2, 0) is 10.8 Å². The van der Waals surface area contributed by atoms with Crippen molar-refractivity contribution >= 4 is 12.1 Å². The van der Waals surface area contributed by atoms with Gasteiger partial charge in [-0.15, -0.1) is 0 Å². The van der Waals surface area contributed by atoms with Crippen molar-refractivity contribution in [2.45, 2.75) is 66.2 Å². The average molecular weight is 513 g/mol. The van der Waals surface area contributed by atoms with Gasteiger partial charge in [0, 0.05) is 16.7 Å². The van der Waals surface area contributed by atoms with Gasteiger partial charge in [-0.25, -0.2) is 10.1 Å². The normalized spacial score (nSPS) is 12.3. The molecular weight excluding hydrogens is 476 g/mol. The molecule has 0 fully saturated rings. The van der Waals surface area contributed by atoms with Crippen molar-refractivity contribution in [2.24, 2.45) is 5.10 Å². The maximum Gasteiger partial charge on any atom is 0.289 e. The first-order valence-corrected chi connectivity index (χ1v) is 12.7. The highest BCUT2D eigenvalue weighted by Gasteiger charge is 2.26. The van der Waals surface area contributed by atoms with Crippen molar-refractivity contribution in [1.82, 2.24) is 25.4 Å². The summed E-state index contributed by atoms with van der Waals surface area (Å²) in [7, 11) is 0. The third-order valence-corrected chi connectivity index (χ3v) is 6.50. The summed E-state index contributed by atoms with van der Waals surface area (Å²) in [6, 6.07) is 15.4. The van der Waals surface area contributed by atoms with Crippen LogP contribution in [0.15, 0.2) is 53.6 Å². The van der Waals surface area contributed by atoms with Crippen LogP contribution >= 0.6 is 0 Å². The molecule has 0 atom stereocenters. The summed E-state index contributed by atoms with van der Waals surface area (Å²) in [6.07, 6.45) is 1.59. The third kappa shape index (κ3) is 5.39. The molecule has 38 heavy (non-hydrogen) atoms. The van der Waals surface area contributed by atoms with Crippen LogP contribution in [0.1, 0.15) is 80.1 Å². The Labute approximate surface area is 223 Å². The molecule has 0 saturated carbocycles. The van der Waals surface area contributed by atoms with Gasteiger partial charge in [-0.3, -0.25) is 9.89 Å². The van der Waals surface area contributed by atoms with Gasteiger partial charge >= 0.3 is 0 Å². The molecular formula is C30H36N6O2. The lowest BCUT2D eigenvalue weighted by Gasteiger charge is -2.27. The van der Waals surface area contributed by atoms with Crippen molar-refractivity contribution in [1.29, 1.82) is 0 Å². The molecule has 2 aromatic heterocycles. The number of para-hydroxylation sites is 1. The van der Waals surface area contributed by atoms with Crippen molar-refractivity contribution in [3.05, 3.63) is 82.3 Å². The van der Waals surface area contributed by atoms with E-state index in [1.54, 1.807) is 12.3 Å². The second kappa shape index (κ2) is 9.93. The first-order chi connectivity index (χ1) is 17.8. The molecule has 0 aliphatic carbocycles. The highest BCUT2D eigenvalue weighted by atomic mass is 16.3. The average Bonchev–Trinajstić information content (AvgIpc) is 3.43. The lowest BCUT2D eigenvalue weighted by molar-refractivity contribution is 0.0950. The number of carbonyl (C=O) groups excluding carboxylic acids is 1. The van der Waals surface area contributed by atoms with Gasteiger partial charge in [0.25, 0.3) is 5.91 Å². The van der Waals surface area contributed by atoms with Crippen molar-refractivity contribution in [3.63, 3.8) is 0 Å². The van der Waals surface area contributed by atoms with E-state index in [1.165, 1.54) is 0 Å². The number of benzene rings is 2. The number of hydrazone groups is 1. The van der Waals surface area contributed by atoms with E-state index in [1.807, 2.05) is 61.0 Å². The monoisotopic (exact) mass is 512 g/mol. The number of amides is 1. The minimum absolute atomic E-state index is 0.256. The van der Waals surface area contributed by atoms with Crippen LogP contribution in [0.4, 0.5) is 0 Å². The second-order valence-electron chi connectivity index (χ2n) is 11.6. The van der Waals surface area contributed by atoms with E-state index in [2.05, 4.69) is 67.4 Å². The van der Waals surface area contributed by atoms with Crippen molar-refractivity contribution in [2.75, 3.05) is 0 Å². The Morgan fingerprint density at radius 2 is 1.61 bits per heavy atom. The molecule has 0 unspecified atom stereocenters. The maximum atomic E-state index is 12.8. The Hall–Kier alpha value is -4.20. The minimum atomic E-state index is -0.406. The largest absolute Gasteiger partial charge is 0.507 e. The van der Waals surface area contributed by atoms with E-state index in [4.69, 9.17) is 0 Å². The molecule has 2 heterocycles. The number of aryl methyl sites for hydroxylation is 1. The van der Waals surface area contributed by atoms with Gasteiger partial charge in [-0.2, -0.15) is 15.3 Å². The standard InChI is InChI=1S/C30H36N6O2/c1-18-26(19(2)36(35-18)21-12-10-9-11-13-21)24-16-25(33-32-24)28(38)34-31-17-20-14-22(29(3,4)5)27(37)23(15-20)30(6,7)8/h9-17,37H,1-8H3,(H,32,33)(H,34,38). The number of phenolic OH excluding ortho intramolecular Hbond substituents is 1. The van der Waals surface area contributed by atoms with Gasteiger partial charge in [0.1, 0.15) is 11.4 Å². The molecule has 0 spiro atoms. The number of nitrogens with zero attached hydrogens (tertiary/aromatic N) is 4. The number of aromatic hydroxyl groups is 1. The third-order valence-electron chi connectivity index (χ3n) is 6.50. The second-order valence-corrected chi connectivity index (χ2v) is 11.6. The molecule has 4 rings (SSSR count). The number of hydrogen-bond donors (Lipinski definition) is 3. The molecule has 3 N–H and O–H groups in total. The van der Waals surface area contributed by atoms with Gasteiger partial charge in [0.15, 0.2) is 0 Å². The number of phenols is 1. The zero-order valence-corrected chi connectivity index (χ0v) is 23.3. The molecule has 0 aliphatic rings. The first kappa shape index (κ1) is 26.9. The number of nitrogens with one attached hydrogen (secondary N) is 2. The minimum Gasteiger partial charge on any atom is -0.507 e. The topological polar surface area (TPSA) is 108 Å². The van der Waals surface area contributed by atoms with Gasteiger partial charge < -0.3 is 5.11 Å². The number of aromatic nitrogens is 4. The van der Waals surface area contributed by atoms with Crippen LogP contribution in [0.2, 0.25) is 0 Å². The summed E-state index contributed by atoms with van der Waals surface area (Å²) in [5, 5.41) is 27.0. The van der Waals surface area contributed by atoms with Crippen LogP contribution in [0.25, 0.3) is 16.9 Å². The van der Waals surface area contributed by atoms with Gasteiger partial charge in [-0.1, -0.05) is 59.7 Å². The zero-order valence-electron chi connectivity index (χ0n) is 23.3. The van der Waals surface area contributed by atoms with Crippen LogP contribution in [0, 0.1) is 13.8 Å². The summed E-state index contributed by atoms with van der Waals surface area (Å²) in [5.74, 6) is -0.103. The Morgan fingerprint density at radius 1 is 1.00 bits per heavy atom. The molecule has 0 saturated heterocycles. The van der Waals surface area contributed by atoms with E-state index in [0.717, 1.165) is 39.3 Å². The van der Waals surface area contributed by atoms with E-state index in [9.17, 15) is 9.90 Å². The predicted molar refractivity (Wildman–Crippen MR) is 151 cm³/mol. The number of aromatic amines is 1. The van der Waals surface area contributed by atoms with Crippen LogP contribution in [-0.4, -0.2) is 37.2 Å². The number of hydrogen-bond acceptors (Lipinski definition) is 5. The summed E-state index contributed by atoms with van der Waals surface area (Å²) >= 11 is 0. The van der Waals surface area contributed by atoms with Gasteiger partial charge in [-0.05, 0) is 60.6 Å². The van der Waals surface area contributed by atoms with Crippen LogP contribution in [0.3, 0.4) is 0 Å². The fraction of sp³-hybridized carbons (Fsp3) is 0.333. The highest BCUT2D eigenvalue weighted by Crippen LogP contribution is 2.39. The summed E-state index contributed by atoms with van der Waals surface area (Å²) in [5.41, 5.74) is 9.04. The summed E-state index contributed by atoms with van der Waals surface area (Å²) < 4.78 is 1.87. The molecule has 0 aliphatic heterocycles. The molecule has 8 heteroatoms. The van der Waals surface area contributed by atoms with Crippen molar-refractivity contribution < 1.29 is 9.90 Å². The zero-order chi connectivity index (χ0) is 27.8. The summed E-state index contributed by atoms with van der Waals surface area (Å²) in [6.45, 7) is 16.2. The fourth-order valence-corrected chi connectivity index (χ4v) is 4.50. The highest BCUT2D eigenvalue weighted by molar-refractivity contribution is 5.94. The van der Waals surface area contributed by atoms with Gasteiger partial charge in [0.2, 0.25) is 0 Å². The Morgan fingerprint density at radius 3 is 2.18 bits per heavy atom. The number of rotatable bonds is 5. The molecule has 198 valence electrons. The van der Waals surface area contributed by atoms with E-state index >= 15 is 0 Å². The Bertz CT molecular complexity index is 1460. The predicted octanol–water partition coefficient (Wildman–Crippen LogP) is 5.94. The van der Waals surface area contributed by atoms with Crippen LogP contribution < -0.4 is 5.43 Å². The SMILES string of the molecule is Cc1nn(-c2ccccc2)c(C)c1-c1cc(C(=O)NN=Cc2cc(C(C)(C)C)c(O)c(C(C)(C)C)c2)[nH]n1. The molecule has 4 aromatic rings. The maximum absolute atomic E-state index is 12.8. The number of H-pyrrole nitrogens is 1. The van der Waals surface area contributed by atoms with E-state index in [0.29, 0.717) is 17.1 Å². The van der Waals surface area contributed by atoms with Crippen molar-refractivity contribution in [3.8, 4) is 22.7 Å². The molecule has 2 aromatic carbocycles. The smallest absolute Gasteiger partial charge is 0.289 e. The number of carbonyl (C=O) groups is 1. The molecule has 8 nitrogen and oxygen atoms in total. The summed E-state index contributed by atoms with van der Waals surface area (Å²) in [4.78, 5) is 12.8. The quantitative estimate of drug-likeness (QED) is 0.227. The Balaban J connectivity index is 1.55. The van der Waals surface area contributed by atoms with E-state index in [-0.39, 0.29) is 10.8 Å². The lowest BCUT2D eigenvalue weighted by Crippen LogP contribution is -2.19. The van der Waals surface area contributed by atoms with E-state index < -0.39 is 5.91 Å². The van der Waals surface area contributed by atoms with Crippen LogP contribution in [0.5, 0.6) is 5.75 Å². The lowest BCUT2D eigenvalue weighted by atomic mass is 9.78. The Kier molecular flexibility index (Phi) is 7.02.